The van der Waals surface area contributed by atoms with E-state index in [-0.39, 0.29) is 6.04 Å². The van der Waals surface area contributed by atoms with Gasteiger partial charge < -0.3 is 0 Å². The molecule has 5 heteroatoms. The average molecular weight is 309 g/mol. The van der Waals surface area contributed by atoms with E-state index in [2.05, 4.69) is 58.5 Å². The highest BCUT2D eigenvalue weighted by molar-refractivity contribution is 9.10. The summed E-state index contributed by atoms with van der Waals surface area (Å²) in [7, 11) is 0. The fraction of sp³-hybridized carbons (Fsp3) is 0.308. The van der Waals surface area contributed by atoms with E-state index in [9.17, 15) is 0 Å². The molecular weight excluding hydrogens is 292 g/mol. The molecule has 1 heterocycles. The number of hydrogen-bond acceptors (Lipinski definition) is 3. The Morgan fingerprint density at radius 1 is 1.50 bits per heavy atom. The quantitative estimate of drug-likeness (QED) is 0.674. The number of halogens is 1. The van der Waals surface area contributed by atoms with Gasteiger partial charge in [0.15, 0.2) is 0 Å². The zero-order chi connectivity index (χ0) is 13.1. The number of hydrogen-bond donors (Lipinski definition) is 2. The van der Waals surface area contributed by atoms with Gasteiger partial charge in [-0.05, 0) is 31.0 Å². The lowest BCUT2D eigenvalue weighted by atomic mass is 10.0. The Hall–Kier alpha value is -1.17. The van der Waals surface area contributed by atoms with Gasteiger partial charge in [-0.3, -0.25) is 10.5 Å². The van der Waals surface area contributed by atoms with E-state index in [0.29, 0.717) is 0 Å². The van der Waals surface area contributed by atoms with Crippen molar-refractivity contribution in [3.63, 3.8) is 0 Å². The van der Waals surface area contributed by atoms with Gasteiger partial charge in [0.2, 0.25) is 0 Å². The van der Waals surface area contributed by atoms with Crippen molar-refractivity contribution in [1.29, 1.82) is 0 Å². The largest absolute Gasteiger partial charge is 0.273 e. The van der Waals surface area contributed by atoms with Gasteiger partial charge in [0.25, 0.3) is 0 Å². The van der Waals surface area contributed by atoms with Crippen molar-refractivity contribution in [2.24, 2.45) is 5.84 Å². The van der Waals surface area contributed by atoms with E-state index < -0.39 is 0 Å². The lowest BCUT2D eigenvalue weighted by molar-refractivity contribution is 0.628. The van der Waals surface area contributed by atoms with Crippen LogP contribution >= 0.6 is 15.9 Å². The summed E-state index contributed by atoms with van der Waals surface area (Å²) in [6, 6.07) is 6.19. The molecule has 96 valence electrons. The topological polar surface area (TPSA) is 55.9 Å². The molecule has 0 aliphatic rings. The van der Waals surface area contributed by atoms with Crippen LogP contribution in [0.15, 0.2) is 35.1 Å². The number of nitrogens with zero attached hydrogens (tertiary/aromatic N) is 2. The van der Waals surface area contributed by atoms with Crippen LogP contribution in [-0.2, 0) is 6.54 Å². The van der Waals surface area contributed by atoms with Crippen molar-refractivity contribution in [2.75, 3.05) is 0 Å². The third-order valence-electron chi connectivity index (χ3n) is 2.94. The normalized spacial score (nSPS) is 12.7. The highest BCUT2D eigenvalue weighted by atomic mass is 79.9. The van der Waals surface area contributed by atoms with Crippen LogP contribution in [-0.4, -0.2) is 9.78 Å². The first-order chi connectivity index (χ1) is 8.65. The molecule has 0 amide bonds. The van der Waals surface area contributed by atoms with Crippen molar-refractivity contribution in [3.8, 4) is 0 Å². The number of aryl methyl sites for hydroxylation is 2. The molecule has 0 fully saturated rings. The first-order valence-corrected chi connectivity index (χ1v) is 6.69. The van der Waals surface area contributed by atoms with Crippen LogP contribution in [0.5, 0.6) is 0 Å². The summed E-state index contributed by atoms with van der Waals surface area (Å²) >= 11 is 3.59. The van der Waals surface area contributed by atoms with Crippen molar-refractivity contribution in [1.82, 2.24) is 15.2 Å². The number of rotatable bonds is 4. The predicted octanol–water partition coefficient (Wildman–Crippen LogP) is 2.53. The molecule has 0 aliphatic heterocycles. The summed E-state index contributed by atoms with van der Waals surface area (Å²) in [5.41, 5.74) is 6.23. The van der Waals surface area contributed by atoms with Gasteiger partial charge in [0, 0.05) is 22.8 Å². The van der Waals surface area contributed by atoms with E-state index in [0.717, 1.165) is 22.1 Å². The SMILES string of the molecule is CCn1cc(C(NN)c2ccc(C)cc2Br)cn1. The molecule has 0 saturated carbocycles. The highest BCUT2D eigenvalue weighted by Gasteiger charge is 2.16. The maximum Gasteiger partial charge on any atom is 0.0751 e. The predicted molar refractivity (Wildman–Crippen MR) is 75.9 cm³/mol. The summed E-state index contributed by atoms with van der Waals surface area (Å²) in [6.07, 6.45) is 3.86. The van der Waals surface area contributed by atoms with Gasteiger partial charge in [-0.15, -0.1) is 0 Å². The first kappa shape index (κ1) is 13.3. The third-order valence-corrected chi connectivity index (χ3v) is 3.63. The van der Waals surface area contributed by atoms with E-state index in [4.69, 9.17) is 5.84 Å². The smallest absolute Gasteiger partial charge is 0.0751 e. The maximum atomic E-state index is 5.69. The maximum absolute atomic E-state index is 5.69. The Balaban J connectivity index is 2.38. The van der Waals surface area contributed by atoms with Crippen molar-refractivity contribution < 1.29 is 0 Å². The minimum Gasteiger partial charge on any atom is -0.273 e. The molecule has 0 aliphatic carbocycles. The molecule has 4 nitrogen and oxygen atoms in total. The van der Waals surface area contributed by atoms with Crippen LogP contribution in [0, 0.1) is 6.92 Å². The zero-order valence-electron chi connectivity index (χ0n) is 10.5. The average Bonchev–Trinajstić information content (AvgIpc) is 2.81. The molecule has 1 aromatic carbocycles. The molecular formula is C13H17BrN4. The molecule has 2 aromatic rings. The van der Waals surface area contributed by atoms with E-state index in [1.807, 2.05) is 17.1 Å². The molecule has 0 radical (unpaired) electrons. The van der Waals surface area contributed by atoms with Gasteiger partial charge in [-0.2, -0.15) is 5.10 Å². The first-order valence-electron chi connectivity index (χ1n) is 5.90. The number of nitrogens with one attached hydrogen (secondary N) is 1. The lowest BCUT2D eigenvalue weighted by Crippen LogP contribution is -2.28. The fourth-order valence-corrected chi connectivity index (χ4v) is 2.66. The standard InChI is InChI=1S/C13H17BrN4/c1-3-18-8-10(7-16-18)13(17-15)11-5-4-9(2)6-12(11)14/h4-8,13,17H,3,15H2,1-2H3. The Bertz CT molecular complexity index is 536. The summed E-state index contributed by atoms with van der Waals surface area (Å²) in [4.78, 5) is 0. The molecule has 18 heavy (non-hydrogen) atoms. The lowest BCUT2D eigenvalue weighted by Gasteiger charge is -2.16. The minimum absolute atomic E-state index is 0.0553. The van der Waals surface area contributed by atoms with Crippen LogP contribution < -0.4 is 11.3 Å². The Kier molecular flexibility index (Phi) is 4.16. The van der Waals surface area contributed by atoms with Gasteiger partial charge in [-0.1, -0.05) is 28.1 Å². The monoisotopic (exact) mass is 308 g/mol. The van der Waals surface area contributed by atoms with Crippen LogP contribution in [0.25, 0.3) is 0 Å². The Morgan fingerprint density at radius 2 is 2.28 bits per heavy atom. The second-order valence-corrected chi connectivity index (χ2v) is 5.11. The molecule has 0 spiro atoms. The second-order valence-electron chi connectivity index (χ2n) is 4.25. The number of hydrazine groups is 1. The van der Waals surface area contributed by atoms with Crippen molar-refractivity contribution in [2.45, 2.75) is 26.4 Å². The van der Waals surface area contributed by atoms with Crippen molar-refractivity contribution >= 4 is 15.9 Å². The summed E-state index contributed by atoms with van der Waals surface area (Å²) < 4.78 is 2.94. The van der Waals surface area contributed by atoms with Crippen LogP contribution in [0.3, 0.4) is 0 Å². The minimum atomic E-state index is -0.0553. The Labute approximate surface area is 115 Å². The van der Waals surface area contributed by atoms with E-state index >= 15 is 0 Å². The van der Waals surface area contributed by atoms with Gasteiger partial charge in [0.05, 0.1) is 12.2 Å². The van der Waals surface area contributed by atoms with Gasteiger partial charge in [0.1, 0.15) is 0 Å². The number of aromatic nitrogens is 2. The molecule has 3 N–H and O–H groups in total. The molecule has 2 rings (SSSR count). The Morgan fingerprint density at radius 3 is 2.83 bits per heavy atom. The second kappa shape index (κ2) is 5.65. The van der Waals surface area contributed by atoms with Crippen LogP contribution in [0.4, 0.5) is 0 Å². The summed E-state index contributed by atoms with van der Waals surface area (Å²) in [6.45, 7) is 4.98. The zero-order valence-corrected chi connectivity index (χ0v) is 12.1. The van der Waals surface area contributed by atoms with Crippen LogP contribution in [0.2, 0.25) is 0 Å². The summed E-state index contributed by atoms with van der Waals surface area (Å²) in [5, 5.41) is 4.28. The van der Waals surface area contributed by atoms with E-state index in [1.54, 1.807) is 0 Å². The van der Waals surface area contributed by atoms with Gasteiger partial charge in [-0.25, -0.2) is 5.43 Å². The molecule has 0 bridgehead atoms. The summed E-state index contributed by atoms with van der Waals surface area (Å²) in [5.74, 6) is 5.69. The third kappa shape index (κ3) is 2.63. The fourth-order valence-electron chi connectivity index (χ4n) is 1.93. The van der Waals surface area contributed by atoms with Crippen molar-refractivity contribution in [3.05, 3.63) is 51.8 Å². The van der Waals surface area contributed by atoms with Crippen LogP contribution in [0.1, 0.15) is 29.7 Å². The highest BCUT2D eigenvalue weighted by Crippen LogP contribution is 2.28. The number of benzene rings is 1. The molecule has 1 atom stereocenters. The molecule has 0 saturated heterocycles. The number of nitrogens with two attached hydrogens (primary N) is 1. The van der Waals surface area contributed by atoms with E-state index in [1.165, 1.54) is 5.56 Å². The van der Waals surface area contributed by atoms with Gasteiger partial charge >= 0.3 is 0 Å². The molecule has 1 unspecified atom stereocenters. The molecule has 1 aromatic heterocycles.